The van der Waals surface area contributed by atoms with Gasteiger partial charge in [0.15, 0.2) is 0 Å². The molecular formula is C28H40O8. The Morgan fingerprint density at radius 1 is 0.694 bits per heavy atom. The van der Waals surface area contributed by atoms with Crippen molar-refractivity contribution in [3.8, 4) is 0 Å². The maximum Gasteiger partial charge on any atom is 0.332 e. The Balaban J connectivity index is 0.000000369. The maximum atomic E-state index is 11.5. The van der Waals surface area contributed by atoms with Crippen LogP contribution >= 0.6 is 0 Å². The molecule has 0 bridgehead atoms. The van der Waals surface area contributed by atoms with Crippen molar-refractivity contribution in [2.75, 3.05) is 26.4 Å². The number of aliphatic carboxylic acids is 1. The van der Waals surface area contributed by atoms with Crippen molar-refractivity contribution >= 4 is 11.9 Å². The van der Waals surface area contributed by atoms with Gasteiger partial charge in [0.05, 0.1) is 26.4 Å². The van der Waals surface area contributed by atoms with Crippen LogP contribution in [0.5, 0.6) is 0 Å². The molecule has 0 amide bonds. The molecule has 8 nitrogen and oxygen atoms in total. The topological polar surface area (TPSA) is 101 Å². The van der Waals surface area contributed by atoms with E-state index in [1.54, 1.807) is 0 Å². The first-order chi connectivity index (χ1) is 17.1. The minimum absolute atomic E-state index is 0.0348. The zero-order chi connectivity index (χ0) is 26.8. The van der Waals surface area contributed by atoms with Gasteiger partial charge in [0.1, 0.15) is 18.8 Å². The van der Waals surface area contributed by atoms with Gasteiger partial charge in [0, 0.05) is 13.2 Å². The standard InChI is InChI=1S/C16H24O4.C12H16O4/c1-5-18-10-13-7-6-8-14(9-13)11-19-12-15(17)20-16(2,3)4;1-2-15-7-10-4-3-5-11(6-10)8-16-9-12(13)14/h6-9H,5,10-12H2,1-4H3;3-6H,2,7-9H2,1H3,(H,13,14). The molecule has 0 spiro atoms. The number of carbonyl (C=O) groups excluding carboxylic acids is 1. The molecule has 0 aromatic heterocycles. The summed E-state index contributed by atoms with van der Waals surface area (Å²) in [4.78, 5) is 21.7. The molecule has 2 rings (SSSR count). The van der Waals surface area contributed by atoms with E-state index in [9.17, 15) is 9.59 Å². The molecule has 0 atom stereocenters. The zero-order valence-electron chi connectivity index (χ0n) is 22.1. The average molecular weight is 505 g/mol. The summed E-state index contributed by atoms with van der Waals surface area (Å²) in [5.74, 6) is -1.30. The number of benzene rings is 2. The Hall–Kier alpha value is -2.78. The Morgan fingerprint density at radius 3 is 1.44 bits per heavy atom. The monoisotopic (exact) mass is 504 g/mol. The molecule has 0 radical (unpaired) electrons. The second kappa shape index (κ2) is 17.6. The normalized spacial score (nSPS) is 10.9. The molecule has 0 unspecified atom stereocenters. The van der Waals surface area contributed by atoms with Crippen LogP contribution in [-0.2, 0) is 59.7 Å². The van der Waals surface area contributed by atoms with Crippen LogP contribution in [0.15, 0.2) is 48.5 Å². The van der Waals surface area contributed by atoms with Crippen LogP contribution in [0, 0.1) is 0 Å². The van der Waals surface area contributed by atoms with Gasteiger partial charge in [-0.25, -0.2) is 9.59 Å². The Morgan fingerprint density at radius 2 is 1.08 bits per heavy atom. The maximum absolute atomic E-state index is 11.5. The summed E-state index contributed by atoms with van der Waals surface area (Å²) in [5, 5.41) is 8.42. The first-order valence-corrected chi connectivity index (χ1v) is 12.0. The van der Waals surface area contributed by atoms with Gasteiger partial charge in [-0.2, -0.15) is 0 Å². The number of hydrogen-bond acceptors (Lipinski definition) is 7. The third-order valence-electron chi connectivity index (χ3n) is 4.33. The van der Waals surface area contributed by atoms with Crippen LogP contribution in [0.4, 0.5) is 0 Å². The van der Waals surface area contributed by atoms with Crippen molar-refractivity contribution in [3.05, 3.63) is 70.8 Å². The van der Waals surface area contributed by atoms with E-state index >= 15 is 0 Å². The first-order valence-electron chi connectivity index (χ1n) is 12.0. The van der Waals surface area contributed by atoms with Crippen molar-refractivity contribution in [3.63, 3.8) is 0 Å². The van der Waals surface area contributed by atoms with Crippen molar-refractivity contribution < 1.29 is 38.4 Å². The highest BCUT2D eigenvalue weighted by atomic mass is 16.6. The van der Waals surface area contributed by atoms with Gasteiger partial charge >= 0.3 is 11.9 Å². The lowest BCUT2D eigenvalue weighted by Gasteiger charge is -2.19. The molecule has 8 heteroatoms. The lowest BCUT2D eigenvalue weighted by atomic mass is 10.1. The molecule has 200 valence electrons. The molecule has 36 heavy (non-hydrogen) atoms. The summed E-state index contributed by atoms with van der Waals surface area (Å²) in [5.41, 5.74) is 3.67. The number of carboxylic acids is 1. The highest BCUT2D eigenvalue weighted by molar-refractivity contribution is 5.71. The SMILES string of the molecule is CCOCc1cccc(COCC(=O)O)c1.CCOCc1cccc(COCC(=O)OC(C)(C)C)c1. The van der Waals surface area contributed by atoms with Gasteiger partial charge < -0.3 is 28.8 Å². The number of carboxylic acid groups (broad SMARTS) is 1. The highest BCUT2D eigenvalue weighted by Gasteiger charge is 2.16. The van der Waals surface area contributed by atoms with Crippen LogP contribution < -0.4 is 0 Å². The summed E-state index contributed by atoms with van der Waals surface area (Å²) < 4.78 is 26.2. The molecule has 0 fully saturated rings. The van der Waals surface area contributed by atoms with Gasteiger partial charge in [-0.3, -0.25) is 0 Å². The molecule has 2 aromatic carbocycles. The molecule has 0 aliphatic carbocycles. The summed E-state index contributed by atoms with van der Waals surface area (Å²) in [6, 6.07) is 15.7. The minimum Gasteiger partial charge on any atom is -0.480 e. The molecule has 0 aliphatic heterocycles. The predicted octanol–water partition coefficient (Wildman–Crippen LogP) is 4.91. The van der Waals surface area contributed by atoms with E-state index in [1.807, 2.05) is 83.1 Å². The second-order valence-electron chi connectivity index (χ2n) is 8.88. The minimum atomic E-state index is -0.953. The van der Waals surface area contributed by atoms with E-state index in [-0.39, 0.29) is 19.2 Å². The highest BCUT2D eigenvalue weighted by Crippen LogP contribution is 2.10. The van der Waals surface area contributed by atoms with Crippen LogP contribution in [0.3, 0.4) is 0 Å². The molecule has 1 N–H and O–H groups in total. The molecule has 0 aliphatic rings. The number of ether oxygens (including phenoxy) is 5. The first kappa shape index (κ1) is 31.3. The summed E-state index contributed by atoms with van der Waals surface area (Å²) in [6.07, 6.45) is 0. The van der Waals surface area contributed by atoms with Crippen molar-refractivity contribution in [2.45, 2.75) is 66.6 Å². The van der Waals surface area contributed by atoms with E-state index in [2.05, 4.69) is 0 Å². The zero-order valence-corrected chi connectivity index (χ0v) is 22.1. The van der Waals surface area contributed by atoms with E-state index in [4.69, 9.17) is 28.8 Å². The van der Waals surface area contributed by atoms with Crippen LogP contribution in [0.25, 0.3) is 0 Å². The number of carbonyl (C=O) groups is 2. The lowest BCUT2D eigenvalue weighted by Crippen LogP contribution is -2.26. The van der Waals surface area contributed by atoms with Crippen LogP contribution in [0.2, 0.25) is 0 Å². The molecule has 0 heterocycles. The van der Waals surface area contributed by atoms with Gasteiger partial charge in [-0.15, -0.1) is 0 Å². The van der Waals surface area contributed by atoms with Crippen LogP contribution in [0.1, 0.15) is 56.9 Å². The number of esters is 1. The van der Waals surface area contributed by atoms with Gasteiger partial charge in [0.25, 0.3) is 0 Å². The van der Waals surface area contributed by atoms with Crippen LogP contribution in [-0.4, -0.2) is 49.1 Å². The van der Waals surface area contributed by atoms with Crippen molar-refractivity contribution in [2.24, 2.45) is 0 Å². The fraction of sp³-hybridized carbons (Fsp3) is 0.500. The Labute approximate surface area is 214 Å². The number of rotatable bonds is 14. The lowest BCUT2D eigenvalue weighted by molar-refractivity contribution is -0.160. The third kappa shape index (κ3) is 16.0. The van der Waals surface area contributed by atoms with E-state index < -0.39 is 11.6 Å². The molecule has 0 saturated carbocycles. The molecular weight excluding hydrogens is 464 g/mol. The quantitative estimate of drug-likeness (QED) is 0.363. The molecule has 2 aromatic rings. The second-order valence-corrected chi connectivity index (χ2v) is 8.88. The summed E-state index contributed by atoms with van der Waals surface area (Å²) >= 11 is 0. The Kier molecular flexibility index (Phi) is 15.3. The van der Waals surface area contributed by atoms with E-state index in [1.165, 1.54) is 0 Å². The van der Waals surface area contributed by atoms with Gasteiger partial charge in [-0.05, 0) is 56.9 Å². The summed E-state index contributed by atoms with van der Waals surface area (Å²) in [6.45, 7) is 12.4. The predicted molar refractivity (Wildman–Crippen MR) is 136 cm³/mol. The van der Waals surface area contributed by atoms with E-state index in [0.717, 1.165) is 22.3 Å². The van der Waals surface area contributed by atoms with E-state index in [0.29, 0.717) is 39.6 Å². The van der Waals surface area contributed by atoms with Crippen molar-refractivity contribution in [1.29, 1.82) is 0 Å². The Bertz CT molecular complexity index is 904. The molecule has 0 saturated heterocycles. The summed E-state index contributed by atoms with van der Waals surface area (Å²) in [7, 11) is 0. The van der Waals surface area contributed by atoms with Crippen molar-refractivity contribution in [1.82, 2.24) is 0 Å². The third-order valence-corrected chi connectivity index (χ3v) is 4.33. The fourth-order valence-corrected chi connectivity index (χ4v) is 2.94. The average Bonchev–Trinajstić information content (AvgIpc) is 2.81. The smallest absolute Gasteiger partial charge is 0.332 e. The van der Waals surface area contributed by atoms with Gasteiger partial charge in [-0.1, -0.05) is 48.5 Å². The fourth-order valence-electron chi connectivity index (χ4n) is 2.94. The number of hydrogen-bond donors (Lipinski definition) is 1. The van der Waals surface area contributed by atoms with Gasteiger partial charge in [0.2, 0.25) is 0 Å². The largest absolute Gasteiger partial charge is 0.480 e.